The fourth-order valence-corrected chi connectivity index (χ4v) is 4.30. The molecule has 2 heterocycles. The van der Waals surface area contributed by atoms with E-state index in [2.05, 4.69) is 28.4 Å². The average Bonchev–Trinajstić information content (AvgIpc) is 3.15. The smallest absolute Gasteiger partial charge is 0.150 e. The summed E-state index contributed by atoms with van der Waals surface area (Å²) >= 11 is 0. The summed E-state index contributed by atoms with van der Waals surface area (Å²) in [6.45, 7) is 3.67. The summed E-state index contributed by atoms with van der Waals surface area (Å²) in [5.41, 5.74) is 15.0. The maximum atomic E-state index is 6.30. The third kappa shape index (κ3) is 4.08. The Balaban J connectivity index is 1.71. The molecule has 0 radical (unpaired) electrons. The Labute approximate surface area is 172 Å². The Morgan fingerprint density at radius 2 is 2.03 bits per heavy atom. The lowest BCUT2D eigenvalue weighted by molar-refractivity contribution is 0.309. The fourth-order valence-electron chi connectivity index (χ4n) is 4.30. The van der Waals surface area contributed by atoms with Crippen LogP contribution >= 0.6 is 0 Å². The van der Waals surface area contributed by atoms with Crippen LogP contribution in [0.25, 0.3) is 16.8 Å². The molecule has 0 atom stereocenters. The van der Waals surface area contributed by atoms with Crippen molar-refractivity contribution < 1.29 is 4.74 Å². The van der Waals surface area contributed by atoms with Gasteiger partial charge in [0.2, 0.25) is 0 Å². The van der Waals surface area contributed by atoms with Crippen LogP contribution in [-0.2, 0) is 0 Å². The van der Waals surface area contributed by atoms with Crippen molar-refractivity contribution in [1.82, 2.24) is 14.4 Å². The van der Waals surface area contributed by atoms with Crippen molar-refractivity contribution in [3.8, 4) is 17.0 Å². The molecule has 0 saturated heterocycles. The summed E-state index contributed by atoms with van der Waals surface area (Å²) in [7, 11) is 0. The second-order valence-corrected chi connectivity index (χ2v) is 8.03. The van der Waals surface area contributed by atoms with Crippen molar-refractivity contribution in [2.45, 2.75) is 51.4 Å². The number of unbranched alkanes of at least 4 members (excludes halogenated alkanes) is 1. The lowest BCUT2D eigenvalue weighted by Gasteiger charge is -2.26. The molecular formula is C23H31N5O. The highest BCUT2D eigenvalue weighted by atomic mass is 16.5. The molecule has 1 fully saturated rings. The monoisotopic (exact) mass is 393 g/mol. The van der Waals surface area contributed by atoms with Gasteiger partial charge in [0.1, 0.15) is 28.6 Å². The molecule has 29 heavy (non-hydrogen) atoms. The van der Waals surface area contributed by atoms with Gasteiger partial charge in [-0.25, -0.2) is 9.97 Å². The van der Waals surface area contributed by atoms with Gasteiger partial charge in [0.05, 0.1) is 6.61 Å². The maximum absolute atomic E-state index is 6.30. The predicted molar refractivity (Wildman–Crippen MR) is 117 cm³/mol. The number of nitrogens with two attached hydrogens (primary N) is 2. The summed E-state index contributed by atoms with van der Waals surface area (Å²) < 4.78 is 8.04. The second-order valence-electron chi connectivity index (χ2n) is 8.03. The summed E-state index contributed by atoms with van der Waals surface area (Å²) in [4.78, 5) is 9.42. The summed E-state index contributed by atoms with van der Waals surface area (Å²) in [5.74, 6) is 3.51. The maximum Gasteiger partial charge on any atom is 0.150 e. The van der Waals surface area contributed by atoms with E-state index in [4.69, 9.17) is 21.2 Å². The number of rotatable bonds is 7. The molecule has 0 bridgehead atoms. The number of anilines is 1. The van der Waals surface area contributed by atoms with Crippen LogP contribution in [0.5, 0.6) is 5.75 Å². The zero-order chi connectivity index (χ0) is 20.2. The highest BCUT2D eigenvalue weighted by Crippen LogP contribution is 2.38. The molecule has 6 heteroatoms. The number of imidazole rings is 1. The summed E-state index contributed by atoms with van der Waals surface area (Å²) in [5, 5.41) is 0. The molecule has 3 aromatic rings. The van der Waals surface area contributed by atoms with Crippen molar-refractivity contribution in [2.75, 3.05) is 18.9 Å². The normalized spacial score (nSPS) is 19.5. The van der Waals surface area contributed by atoms with Gasteiger partial charge in [-0.15, -0.1) is 0 Å². The first-order valence-corrected chi connectivity index (χ1v) is 10.8. The van der Waals surface area contributed by atoms with Crippen molar-refractivity contribution >= 4 is 11.3 Å². The van der Waals surface area contributed by atoms with Crippen molar-refractivity contribution in [3.05, 3.63) is 42.5 Å². The van der Waals surface area contributed by atoms with E-state index in [0.717, 1.165) is 80.0 Å². The SMILES string of the molecule is CCCCOc1cccc(-c2nc([C@H]3CC[C@@H](CN)CC3)n3ccnc(N)c23)c1. The molecule has 2 aromatic heterocycles. The predicted octanol–water partition coefficient (Wildman–Crippen LogP) is 4.39. The van der Waals surface area contributed by atoms with Crippen molar-refractivity contribution in [3.63, 3.8) is 0 Å². The van der Waals surface area contributed by atoms with E-state index in [1.165, 1.54) is 0 Å². The van der Waals surface area contributed by atoms with Crippen LogP contribution in [-0.4, -0.2) is 27.5 Å². The molecule has 1 aliphatic rings. The van der Waals surface area contributed by atoms with E-state index in [-0.39, 0.29) is 0 Å². The van der Waals surface area contributed by atoms with Crippen LogP contribution in [0.2, 0.25) is 0 Å². The minimum Gasteiger partial charge on any atom is -0.494 e. The first-order valence-electron chi connectivity index (χ1n) is 10.8. The number of nitrogens with zero attached hydrogens (tertiary/aromatic N) is 3. The zero-order valence-electron chi connectivity index (χ0n) is 17.2. The van der Waals surface area contributed by atoms with Gasteiger partial charge in [0.15, 0.2) is 0 Å². The van der Waals surface area contributed by atoms with Crippen LogP contribution < -0.4 is 16.2 Å². The first kappa shape index (κ1) is 19.7. The molecule has 4 rings (SSSR count). The Hall–Kier alpha value is -2.60. The quantitative estimate of drug-likeness (QED) is 0.581. The average molecular weight is 394 g/mol. The van der Waals surface area contributed by atoms with E-state index >= 15 is 0 Å². The van der Waals surface area contributed by atoms with Crippen molar-refractivity contribution in [2.24, 2.45) is 11.7 Å². The van der Waals surface area contributed by atoms with E-state index in [0.29, 0.717) is 17.7 Å². The highest BCUT2D eigenvalue weighted by Gasteiger charge is 2.27. The standard InChI is InChI=1S/C23H31N5O/c1-2-3-13-29-19-6-4-5-18(14-19)20-21-22(25)26-11-12-28(21)23(27-20)17-9-7-16(15-24)8-10-17/h4-6,11-12,14,16-17H,2-3,7-10,13,15,24H2,1H3,(H2,25,26)/t16-,17+. The van der Waals surface area contributed by atoms with Gasteiger partial charge >= 0.3 is 0 Å². The number of aromatic nitrogens is 3. The van der Waals surface area contributed by atoms with E-state index < -0.39 is 0 Å². The van der Waals surface area contributed by atoms with Crippen LogP contribution in [0.15, 0.2) is 36.7 Å². The lowest BCUT2D eigenvalue weighted by Crippen LogP contribution is -2.21. The summed E-state index contributed by atoms with van der Waals surface area (Å²) in [6.07, 6.45) is 10.4. The number of benzene rings is 1. The first-order chi connectivity index (χ1) is 14.2. The van der Waals surface area contributed by atoms with Gasteiger partial charge in [-0.05, 0) is 56.7 Å². The molecule has 0 spiro atoms. The van der Waals surface area contributed by atoms with Gasteiger partial charge in [-0.3, -0.25) is 4.40 Å². The van der Waals surface area contributed by atoms with Gasteiger partial charge in [-0.1, -0.05) is 25.5 Å². The molecule has 0 amide bonds. The summed E-state index contributed by atoms with van der Waals surface area (Å²) in [6, 6.07) is 8.13. The molecule has 0 unspecified atom stereocenters. The van der Waals surface area contributed by atoms with Crippen LogP contribution in [0.3, 0.4) is 0 Å². The topological polar surface area (TPSA) is 91.5 Å². The minimum atomic E-state index is 0.421. The minimum absolute atomic E-state index is 0.421. The number of hydrogen-bond donors (Lipinski definition) is 2. The second kappa shape index (κ2) is 8.82. The van der Waals surface area contributed by atoms with Gasteiger partial charge < -0.3 is 16.2 Å². The molecule has 6 nitrogen and oxygen atoms in total. The Morgan fingerprint density at radius 1 is 1.21 bits per heavy atom. The Bertz CT molecular complexity index is 959. The number of nitrogen functional groups attached to an aromatic ring is 1. The highest BCUT2D eigenvalue weighted by molar-refractivity contribution is 5.85. The molecule has 154 valence electrons. The van der Waals surface area contributed by atoms with Crippen LogP contribution in [0, 0.1) is 5.92 Å². The molecular weight excluding hydrogens is 362 g/mol. The van der Waals surface area contributed by atoms with E-state index in [1.807, 2.05) is 18.3 Å². The Kier molecular flexibility index (Phi) is 6.00. The number of fused-ring (bicyclic) bond motifs is 1. The number of hydrogen-bond acceptors (Lipinski definition) is 5. The van der Waals surface area contributed by atoms with Crippen LogP contribution in [0.1, 0.15) is 57.2 Å². The fraction of sp³-hybridized carbons (Fsp3) is 0.478. The van der Waals surface area contributed by atoms with E-state index in [9.17, 15) is 0 Å². The van der Waals surface area contributed by atoms with Gasteiger partial charge in [0.25, 0.3) is 0 Å². The zero-order valence-corrected chi connectivity index (χ0v) is 17.2. The molecule has 0 aliphatic heterocycles. The largest absolute Gasteiger partial charge is 0.494 e. The third-order valence-electron chi connectivity index (χ3n) is 6.03. The molecule has 1 saturated carbocycles. The molecule has 1 aromatic carbocycles. The molecule has 1 aliphatic carbocycles. The Morgan fingerprint density at radius 3 is 2.79 bits per heavy atom. The van der Waals surface area contributed by atoms with Gasteiger partial charge in [0, 0.05) is 23.9 Å². The number of ether oxygens (including phenoxy) is 1. The third-order valence-corrected chi connectivity index (χ3v) is 6.03. The van der Waals surface area contributed by atoms with E-state index in [1.54, 1.807) is 6.20 Å². The van der Waals surface area contributed by atoms with Crippen LogP contribution in [0.4, 0.5) is 5.82 Å². The molecule has 4 N–H and O–H groups in total. The lowest BCUT2D eigenvalue weighted by atomic mass is 9.81. The van der Waals surface area contributed by atoms with Gasteiger partial charge in [-0.2, -0.15) is 0 Å². The van der Waals surface area contributed by atoms with Crippen molar-refractivity contribution in [1.29, 1.82) is 0 Å².